The number of pyridine rings is 1. The van der Waals surface area contributed by atoms with Crippen LogP contribution in [-0.4, -0.2) is 18.1 Å². The lowest BCUT2D eigenvalue weighted by Gasteiger charge is -2.14. The number of rotatable bonds is 3. The number of ether oxygens (including phenoxy) is 1. The van der Waals surface area contributed by atoms with Gasteiger partial charge in [0.15, 0.2) is 23.1 Å². The molecule has 0 fully saturated rings. The molecule has 0 unspecified atom stereocenters. The van der Waals surface area contributed by atoms with Crippen LogP contribution in [0.4, 0.5) is 32.0 Å². The highest BCUT2D eigenvalue weighted by molar-refractivity contribution is 5.95. The largest absolute Gasteiger partial charge is 0.464 e. The SMILES string of the molecule is C=Cc1c(C(=O)OC)nc(-c2ccc(C(F)(F)F)c(F)c2F)c(F)c1N. The number of nitrogens with two attached hydrogens (primary N) is 1. The lowest BCUT2D eigenvalue weighted by atomic mass is 10.0. The molecule has 0 saturated heterocycles. The molecule has 10 heteroatoms. The fourth-order valence-corrected chi connectivity index (χ4v) is 2.18. The molecule has 0 aliphatic carbocycles. The molecular formula is C16H10F6N2O2. The first-order chi connectivity index (χ1) is 12.0. The van der Waals surface area contributed by atoms with Crippen LogP contribution in [0.15, 0.2) is 18.7 Å². The third-order valence-corrected chi connectivity index (χ3v) is 3.44. The predicted octanol–water partition coefficient (Wildman–Crippen LogP) is 4.20. The van der Waals surface area contributed by atoms with Gasteiger partial charge >= 0.3 is 12.1 Å². The maximum Gasteiger partial charge on any atom is 0.419 e. The van der Waals surface area contributed by atoms with Gasteiger partial charge in [-0.2, -0.15) is 13.2 Å². The minimum Gasteiger partial charge on any atom is -0.464 e. The number of esters is 1. The summed E-state index contributed by atoms with van der Waals surface area (Å²) < 4.78 is 84.7. The van der Waals surface area contributed by atoms with Crippen molar-refractivity contribution >= 4 is 17.7 Å². The number of alkyl halides is 3. The molecule has 0 radical (unpaired) electrons. The fraction of sp³-hybridized carbons (Fsp3) is 0.125. The van der Waals surface area contributed by atoms with E-state index < -0.39 is 57.8 Å². The van der Waals surface area contributed by atoms with Crippen molar-refractivity contribution in [3.8, 4) is 11.3 Å². The molecule has 0 amide bonds. The molecule has 0 aliphatic rings. The Balaban J connectivity index is 2.81. The first-order valence-corrected chi connectivity index (χ1v) is 6.79. The zero-order valence-electron chi connectivity index (χ0n) is 13.0. The van der Waals surface area contributed by atoms with Gasteiger partial charge in [0.25, 0.3) is 0 Å². The lowest BCUT2D eigenvalue weighted by molar-refractivity contribution is -0.140. The van der Waals surface area contributed by atoms with E-state index in [1.165, 1.54) is 0 Å². The second-order valence-electron chi connectivity index (χ2n) is 4.93. The van der Waals surface area contributed by atoms with Crippen LogP contribution in [0.2, 0.25) is 0 Å². The Morgan fingerprint density at radius 1 is 1.19 bits per heavy atom. The molecule has 138 valence electrons. The van der Waals surface area contributed by atoms with Crippen LogP contribution in [0, 0.1) is 17.5 Å². The highest BCUT2D eigenvalue weighted by atomic mass is 19.4. The van der Waals surface area contributed by atoms with Crippen molar-refractivity contribution in [1.29, 1.82) is 0 Å². The molecular weight excluding hydrogens is 366 g/mol. The molecule has 0 spiro atoms. The number of anilines is 1. The Morgan fingerprint density at radius 3 is 2.31 bits per heavy atom. The van der Waals surface area contributed by atoms with Gasteiger partial charge < -0.3 is 10.5 Å². The van der Waals surface area contributed by atoms with Crippen molar-refractivity contribution in [3.63, 3.8) is 0 Å². The number of aromatic nitrogens is 1. The Bertz CT molecular complexity index is 909. The van der Waals surface area contributed by atoms with Gasteiger partial charge in [-0.15, -0.1) is 0 Å². The molecule has 1 heterocycles. The summed E-state index contributed by atoms with van der Waals surface area (Å²) >= 11 is 0. The minimum atomic E-state index is -5.15. The second-order valence-corrected chi connectivity index (χ2v) is 4.93. The smallest absolute Gasteiger partial charge is 0.419 e. The van der Waals surface area contributed by atoms with Gasteiger partial charge in [0, 0.05) is 11.1 Å². The maximum atomic E-state index is 14.4. The Labute approximate surface area is 142 Å². The molecule has 2 aromatic rings. The van der Waals surface area contributed by atoms with E-state index >= 15 is 0 Å². The summed E-state index contributed by atoms with van der Waals surface area (Å²) in [5.74, 6) is -6.67. The summed E-state index contributed by atoms with van der Waals surface area (Å²) in [7, 11) is 0.981. The van der Waals surface area contributed by atoms with E-state index in [0.717, 1.165) is 13.2 Å². The van der Waals surface area contributed by atoms with Gasteiger partial charge in [-0.3, -0.25) is 0 Å². The van der Waals surface area contributed by atoms with Gasteiger partial charge in [-0.25, -0.2) is 22.9 Å². The van der Waals surface area contributed by atoms with Crippen molar-refractivity contribution < 1.29 is 35.9 Å². The summed E-state index contributed by atoms with van der Waals surface area (Å²) in [4.78, 5) is 15.3. The molecule has 2 N–H and O–H groups in total. The predicted molar refractivity (Wildman–Crippen MR) is 80.4 cm³/mol. The van der Waals surface area contributed by atoms with Crippen LogP contribution in [-0.2, 0) is 10.9 Å². The van der Waals surface area contributed by atoms with Crippen molar-refractivity contribution in [2.24, 2.45) is 0 Å². The maximum absolute atomic E-state index is 14.4. The zero-order chi connectivity index (χ0) is 19.8. The third-order valence-electron chi connectivity index (χ3n) is 3.44. The zero-order valence-corrected chi connectivity index (χ0v) is 13.0. The van der Waals surface area contributed by atoms with Crippen LogP contribution in [0.25, 0.3) is 17.3 Å². The minimum absolute atomic E-state index is 0.226. The van der Waals surface area contributed by atoms with E-state index in [4.69, 9.17) is 5.73 Å². The summed E-state index contributed by atoms with van der Waals surface area (Å²) in [6.07, 6.45) is -4.16. The molecule has 2 rings (SSSR count). The van der Waals surface area contributed by atoms with Gasteiger partial charge in [0.1, 0.15) is 5.69 Å². The Hall–Kier alpha value is -3.04. The van der Waals surface area contributed by atoms with E-state index in [-0.39, 0.29) is 11.6 Å². The monoisotopic (exact) mass is 376 g/mol. The Morgan fingerprint density at radius 2 is 1.81 bits per heavy atom. The fourth-order valence-electron chi connectivity index (χ4n) is 2.18. The van der Waals surface area contributed by atoms with Gasteiger partial charge in [-0.05, 0) is 12.1 Å². The Kier molecular flexibility index (Phi) is 4.97. The standard InChI is InChI=1S/C16H10F6N2O2/c1-3-6-12(23)11(19)13(24-14(6)15(25)26-2)7-4-5-8(16(20,21)22)10(18)9(7)17/h3-5H,1H2,2H3,(H2,23,24). The third kappa shape index (κ3) is 3.09. The van der Waals surface area contributed by atoms with Crippen LogP contribution in [0.3, 0.4) is 0 Å². The topological polar surface area (TPSA) is 65.2 Å². The van der Waals surface area contributed by atoms with E-state index in [0.29, 0.717) is 6.07 Å². The normalized spacial score (nSPS) is 11.3. The van der Waals surface area contributed by atoms with Crippen LogP contribution >= 0.6 is 0 Å². The highest BCUT2D eigenvalue weighted by Crippen LogP contribution is 2.37. The molecule has 0 atom stereocenters. The number of carbonyl (C=O) groups is 1. The molecule has 1 aromatic carbocycles. The molecule has 0 aliphatic heterocycles. The van der Waals surface area contributed by atoms with E-state index in [1.807, 2.05) is 0 Å². The number of carbonyl (C=O) groups excluding carboxylic acids is 1. The lowest BCUT2D eigenvalue weighted by Crippen LogP contribution is -2.14. The molecule has 4 nitrogen and oxygen atoms in total. The van der Waals surface area contributed by atoms with Crippen molar-refractivity contribution in [3.05, 3.63) is 53.0 Å². The number of methoxy groups -OCH3 is 1. The summed E-state index contributed by atoms with van der Waals surface area (Å²) in [6.45, 7) is 3.33. The number of halogens is 6. The first kappa shape index (κ1) is 19.3. The molecule has 0 bridgehead atoms. The van der Waals surface area contributed by atoms with E-state index in [2.05, 4.69) is 16.3 Å². The van der Waals surface area contributed by atoms with Crippen LogP contribution < -0.4 is 5.73 Å². The number of hydrogen-bond acceptors (Lipinski definition) is 4. The van der Waals surface area contributed by atoms with Crippen LogP contribution in [0.1, 0.15) is 21.6 Å². The number of hydrogen-bond donors (Lipinski definition) is 1. The summed E-state index contributed by atoms with van der Waals surface area (Å²) in [5.41, 5.74) is 0.266. The molecule has 0 saturated carbocycles. The van der Waals surface area contributed by atoms with Gasteiger partial charge in [0.2, 0.25) is 0 Å². The average Bonchev–Trinajstić information content (AvgIpc) is 2.58. The second kappa shape index (κ2) is 6.70. The number of benzene rings is 1. The first-order valence-electron chi connectivity index (χ1n) is 6.79. The summed E-state index contributed by atoms with van der Waals surface area (Å²) in [6, 6.07) is 0.713. The van der Waals surface area contributed by atoms with Crippen molar-refractivity contribution in [2.75, 3.05) is 12.8 Å². The number of nitrogen functional groups attached to an aromatic ring is 1. The quantitative estimate of drug-likeness (QED) is 0.644. The van der Waals surface area contributed by atoms with Gasteiger partial charge in [-0.1, -0.05) is 12.7 Å². The average molecular weight is 376 g/mol. The summed E-state index contributed by atoms with van der Waals surface area (Å²) in [5, 5.41) is 0. The van der Waals surface area contributed by atoms with Crippen LogP contribution in [0.5, 0.6) is 0 Å². The van der Waals surface area contributed by atoms with Crippen molar-refractivity contribution in [1.82, 2.24) is 4.98 Å². The van der Waals surface area contributed by atoms with E-state index in [9.17, 15) is 31.1 Å². The molecule has 1 aromatic heterocycles. The molecule has 26 heavy (non-hydrogen) atoms. The van der Waals surface area contributed by atoms with E-state index in [1.54, 1.807) is 0 Å². The van der Waals surface area contributed by atoms with Crippen molar-refractivity contribution in [2.45, 2.75) is 6.18 Å². The highest BCUT2D eigenvalue weighted by Gasteiger charge is 2.36. The number of nitrogens with zero attached hydrogens (tertiary/aromatic N) is 1. The van der Waals surface area contributed by atoms with Gasteiger partial charge in [0.05, 0.1) is 18.4 Å².